The predicted molar refractivity (Wildman–Crippen MR) is 85.1 cm³/mol. The van der Waals surface area contributed by atoms with Gasteiger partial charge in [-0.05, 0) is 58.7 Å². The molecular formula is C15H17BrFNOS. The SMILES string of the molecule is CCCNC(c1ccc(OC)c(F)c1)c1ccc(Br)s1. The highest BCUT2D eigenvalue weighted by atomic mass is 79.9. The molecule has 1 atom stereocenters. The minimum Gasteiger partial charge on any atom is -0.494 e. The van der Waals surface area contributed by atoms with Crippen LogP contribution in [0.1, 0.15) is 29.8 Å². The third-order valence-corrected chi connectivity index (χ3v) is 4.67. The first-order chi connectivity index (χ1) is 9.65. The lowest BCUT2D eigenvalue weighted by Gasteiger charge is -2.18. The zero-order valence-electron chi connectivity index (χ0n) is 11.5. The van der Waals surface area contributed by atoms with E-state index in [-0.39, 0.29) is 17.6 Å². The van der Waals surface area contributed by atoms with Crippen LogP contribution in [0.4, 0.5) is 4.39 Å². The Balaban J connectivity index is 2.33. The number of nitrogens with one attached hydrogen (secondary N) is 1. The van der Waals surface area contributed by atoms with Crippen LogP contribution < -0.4 is 10.1 Å². The Bertz CT molecular complexity index is 573. The van der Waals surface area contributed by atoms with E-state index in [0.717, 1.165) is 27.2 Å². The fourth-order valence-electron chi connectivity index (χ4n) is 2.02. The average Bonchev–Trinajstić information content (AvgIpc) is 2.86. The second-order valence-electron chi connectivity index (χ2n) is 4.42. The molecular weight excluding hydrogens is 341 g/mol. The average molecular weight is 358 g/mol. The van der Waals surface area contributed by atoms with E-state index >= 15 is 0 Å². The summed E-state index contributed by atoms with van der Waals surface area (Å²) in [7, 11) is 1.47. The Hall–Kier alpha value is -0.910. The van der Waals surface area contributed by atoms with E-state index in [0.29, 0.717) is 0 Å². The standard InChI is InChI=1S/C15H17BrFNOS/c1-3-8-18-15(13-6-7-14(16)20-13)10-4-5-12(19-2)11(17)9-10/h4-7,9,15,18H,3,8H2,1-2H3. The van der Waals surface area contributed by atoms with Crippen molar-refractivity contribution >= 4 is 27.3 Å². The maximum Gasteiger partial charge on any atom is 0.165 e. The first kappa shape index (κ1) is 15.5. The number of thiophene rings is 1. The smallest absolute Gasteiger partial charge is 0.165 e. The van der Waals surface area contributed by atoms with E-state index in [1.165, 1.54) is 7.11 Å². The highest BCUT2D eigenvalue weighted by molar-refractivity contribution is 9.11. The van der Waals surface area contributed by atoms with Gasteiger partial charge in [-0.25, -0.2) is 4.39 Å². The minimum absolute atomic E-state index is 0.00616. The molecule has 0 fully saturated rings. The van der Waals surface area contributed by atoms with Gasteiger partial charge < -0.3 is 10.1 Å². The molecule has 0 aliphatic carbocycles. The molecule has 108 valence electrons. The monoisotopic (exact) mass is 357 g/mol. The first-order valence-corrected chi connectivity index (χ1v) is 8.08. The summed E-state index contributed by atoms with van der Waals surface area (Å²) in [5.74, 6) is -0.0562. The van der Waals surface area contributed by atoms with Gasteiger partial charge in [0.05, 0.1) is 16.9 Å². The van der Waals surface area contributed by atoms with Crippen molar-refractivity contribution in [2.24, 2.45) is 0 Å². The third kappa shape index (κ3) is 3.59. The van der Waals surface area contributed by atoms with Crippen molar-refractivity contribution in [3.8, 4) is 5.75 Å². The largest absolute Gasteiger partial charge is 0.494 e. The number of ether oxygens (including phenoxy) is 1. The van der Waals surface area contributed by atoms with Crippen LogP contribution >= 0.6 is 27.3 Å². The van der Waals surface area contributed by atoms with E-state index in [2.05, 4.69) is 34.2 Å². The highest BCUT2D eigenvalue weighted by Crippen LogP contribution is 2.32. The van der Waals surface area contributed by atoms with Gasteiger partial charge >= 0.3 is 0 Å². The quantitative estimate of drug-likeness (QED) is 0.805. The van der Waals surface area contributed by atoms with Crippen LogP contribution in [-0.2, 0) is 0 Å². The molecule has 2 nitrogen and oxygen atoms in total. The molecule has 1 aromatic heterocycles. The molecule has 0 saturated heterocycles. The fourth-order valence-corrected chi connectivity index (χ4v) is 3.54. The number of hydrogen-bond donors (Lipinski definition) is 1. The molecule has 1 heterocycles. The summed E-state index contributed by atoms with van der Waals surface area (Å²) in [6, 6.07) is 9.20. The van der Waals surface area contributed by atoms with Crippen LogP contribution in [0.15, 0.2) is 34.1 Å². The van der Waals surface area contributed by atoms with E-state index in [9.17, 15) is 4.39 Å². The number of benzene rings is 1. The maximum absolute atomic E-state index is 13.9. The predicted octanol–water partition coefficient (Wildman–Crippen LogP) is 4.75. The van der Waals surface area contributed by atoms with Gasteiger partial charge in [-0.1, -0.05) is 13.0 Å². The van der Waals surface area contributed by atoms with Crippen molar-refractivity contribution in [3.63, 3.8) is 0 Å². The summed E-state index contributed by atoms with van der Waals surface area (Å²) >= 11 is 5.13. The molecule has 2 rings (SSSR count). The van der Waals surface area contributed by atoms with Gasteiger partial charge in [0, 0.05) is 4.88 Å². The normalized spacial score (nSPS) is 12.4. The van der Waals surface area contributed by atoms with Crippen molar-refractivity contribution in [2.75, 3.05) is 13.7 Å². The van der Waals surface area contributed by atoms with Crippen molar-refractivity contribution in [2.45, 2.75) is 19.4 Å². The Labute approximate surface area is 131 Å². The Morgan fingerprint density at radius 2 is 2.15 bits per heavy atom. The summed E-state index contributed by atoms with van der Waals surface area (Å²) < 4.78 is 19.9. The van der Waals surface area contributed by atoms with Gasteiger partial charge in [-0.15, -0.1) is 11.3 Å². The molecule has 1 N–H and O–H groups in total. The van der Waals surface area contributed by atoms with Gasteiger partial charge in [0.2, 0.25) is 0 Å². The number of halogens is 2. The second kappa shape index (κ2) is 7.20. The first-order valence-electron chi connectivity index (χ1n) is 6.47. The van der Waals surface area contributed by atoms with Crippen LogP contribution in [-0.4, -0.2) is 13.7 Å². The highest BCUT2D eigenvalue weighted by Gasteiger charge is 2.17. The topological polar surface area (TPSA) is 21.3 Å². The van der Waals surface area contributed by atoms with Crippen LogP contribution in [0.25, 0.3) is 0 Å². The van der Waals surface area contributed by atoms with Crippen molar-refractivity contribution in [1.82, 2.24) is 5.32 Å². The van der Waals surface area contributed by atoms with Gasteiger partial charge in [0.1, 0.15) is 0 Å². The molecule has 2 aromatic rings. The van der Waals surface area contributed by atoms with Gasteiger partial charge in [-0.2, -0.15) is 0 Å². The van der Waals surface area contributed by atoms with Gasteiger partial charge in [0.25, 0.3) is 0 Å². The number of hydrogen-bond acceptors (Lipinski definition) is 3. The minimum atomic E-state index is -0.330. The zero-order valence-corrected chi connectivity index (χ0v) is 13.9. The molecule has 0 radical (unpaired) electrons. The third-order valence-electron chi connectivity index (χ3n) is 2.99. The molecule has 5 heteroatoms. The summed E-state index contributed by atoms with van der Waals surface area (Å²) in [4.78, 5) is 1.16. The van der Waals surface area contributed by atoms with Crippen LogP contribution in [0.3, 0.4) is 0 Å². The lowest BCUT2D eigenvalue weighted by Crippen LogP contribution is -2.22. The van der Waals surface area contributed by atoms with E-state index < -0.39 is 0 Å². The number of methoxy groups -OCH3 is 1. The lowest BCUT2D eigenvalue weighted by atomic mass is 10.0. The van der Waals surface area contributed by atoms with Gasteiger partial charge in [-0.3, -0.25) is 0 Å². The van der Waals surface area contributed by atoms with Crippen LogP contribution in [0.2, 0.25) is 0 Å². The van der Waals surface area contributed by atoms with Crippen molar-refractivity contribution < 1.29 is 9.13 Å². The molecule has 0 aliphatic rings. The fraction of sp³-hybridized carbons (Fsp3) is 0.333. The van der Waals surface area contributed by atoms with Gasteiger partial charge in [0.15, 0.2) is 11.6 Å². The number of rotatable bonds is 6. The molecule has 0 saturated carbocycles. The summed E-state index contributed by atoms with van der Waals surface area (Å²) in [5, 5.41) is 3.46. The van der Waals surface area contributed by atoms with E-state index in [1.807, 2.05) is 12.1 Å². The van der Waals surface area contributed by atoms with E-state index in [4.69, 9.17) is 4.74 Å². The van der Waals surface area contributed by atoms with Crippen molar-refractivity contribution in [3.05, 3.63) is 50.4 Å². The molecule has 0 bridgehead atoms. The molecule has 1 unspecified atom stereocenters. The van der Waals surface area contributed by atoms with Crippen LogP contribution in [0, 0.1) is 5.82 Å². The second-order valence-corrected chi connectivity index (χ2v) is 6.92. The maximum atomic E-state index is 13.9. The molecule has 0 amide bonds. The zero-order chi connectivity index (χ0) is 14.5. The molecule has 0 spiro atoms. The summed E-state index contributed by atoms with van der Waals surface area (Å²) in [6.07, 6.45) is 1.03. The lowest BCUT2D eigenvalue weighted by molar-refractivity contribution is 0.385. The Morgan fingerprint density at radius 1 is 1.35 bits per heavy atom. The Morgan fingerprint density at radius 3 is 2.70 bits per heavy atom. The van der Waals surface area contributed by atoms with Crippen molar-refractivity contribution in [1.29, 1.82) is 0 Å². The molecule has 1 aromatic carbocycles. The Kier molecular flexibility index (Phi) is 5.57. The molecule has 0 aliphatic heterocycles. The summed E-state index contributed by atoms with van der Waals surface area (Å²) in [5.41, 5.74) is 0.908. The summed E-state index contributed by atoms with van der Waals surface area (Å²) in [6.45, 7) is 3.00. The van der Waals surface area contributed by atoms with E-state index in [1.54, 1.807) is 23.5 Å². The molecule has 20 heavy (non-hydrogen) atoms. The van der Waals surface area contributed by atoms with Crippen LogP contribution in [0.5, 0.6) is 5.75 Å².